The van der Waals surface area contributed by atoms with Crippen LogP contribution in [0.1, 0.15) is 5.56 Å². The first-order valence-corrected chi connectivity index (χ1v) is 6.06. The van der Waals surface area contributed by atoms with E-state index in [0.717, 1.165) is 0 Å². The molecule has 0 fully saturated rings. The zero-order valence-electron chi connectivity index (χ0n) is 9.68. The van der Waals surface area contributed by atoms with E-state index in [1.807, 2.05) is 0 Å². The maximum atomic E-state index is 8.75. The average molecular weight is 297 g/mol. The highest BCUT2D eigenvalue weighted by Gasteiger charge is 2.10. The number of amidine groups is 1. The van der Waals surface area contributed by atoms with Gasteiger partial charge in [0.15, 0.2) is 5.84 Å². The fraction of sp³-hybridized carbons (Fsp3) is 0. The van der Waals surface area contributed by atoms with Crippen molar-refractivity contribution in [3.05, 3.63) is 58.1 Å². The normalized spacial score (nSPS) is 11.4. The summed E-state index contributed by atoms with van der Waals surface area (Å²) in [5.74, 6) is 0.848. The van der Waals surface area contributed by atoms with Gasteiger partial charge in [0.2, 0.25) is 0 Å². The van der Waals surface area contributed by atoms with Gasteiger partial charge >= 0.3 is 0 Å². The van der Waals surface area contributed by atoms with Crippen molar-refractivity contribution in [1.82, 2.24) is 0 Å². The second-order valence-corrected chi connectivity index (χ2v) is 4.56. The van der Waals surface area contributed by atoms with Crippen molar-refractivity contribution in [2.45, 2.75) is 0 Å². The molecule has 0 saturated carbocycles. The fourth-order valence-corrected chi connectivity index (χ4v) is 1.85. The molecule has 0 saturated heterocycles. The van der Waals surface area contributed by atoms with Gasteiger partial charge in [0.25, 0.3) is 0 Å². The summed E-state index contributed by atoms with van der Waals surface area (Å²) < 4.78 is 5.65. The molecule has 0 aliphatic heterocycles. The molecule has 98 valence electrons. The van der Waals surface area contributed by atoms with E-state index in [9.17, 15) is 0 Å². The number of oxime groups is 1. The number of nitrogens with two attached hydrogens (primary N) is 1. The molecule has 6 heteroatoms. The van der Waals surface area contributed by atoms with Crippen molar-refractivity contribution in [3.63, 3.8) is 0 Å². The van der Waals surface area contributed by atoms with Gasteiger partial charge in [0.05, 0.1) is 5.56 Å². The summed E-state index contributed by atoms with van der Waals surface area (Å²) in [5, 5.41) is 12.7. The molecule has 19 heavy (non-hydrogen) atoms. The Kier molecular flexibility index (Phi) is 4.14. The van der Waals surface area contributed by atoms with Crippen LogP contribution in [0.2, 0.25) is 10.0 Å². The topological polar surface area (TPSA) is 67.8 Å². The minimum atomic E-state index is -0.0614. The number of ether oxygens (including phenoxy) is 1. The van der Waals surface area contributed by atoms with Crippen LogP contribution in [-0.4, -0.2) is 11.0 Å². The Morgan fingerprint density at radius 2 is 1.84 bits per heavy atom. The van der Waals surface area contributed by atoms with Gasteiger partial charge in [-0.25, -0.2) is 0 Å². The highest BCUT2D eigenvalue weighted by atomic mass is 35.5. The lowest BCUT2D eigenvalue weighted by atomic mass is 10.2. The Labute approximate surface area is 120 Å². The summed E-state index contributed by atoms with van der Waals surface area (Å²) in [6.07, 6.45) is 0. The molecule has 3 N–H and O–H groups in total. The molecule has 0 aromatic heterocycles. The predicted octanol–water partition coefficient (Wildman–Crippen LogP) is 3.88. The first-order valence-electron chi connectivity index (χ1n) is 5.31. The van der Waals surface area contributed by atoms with Gasteiger partial charge in [-0.2, -0.15) is 0 Å². The molecule has 0 aliphatic carbocycles. The first-order chi connectivity index (χ1) is 9.10. The van der Waals surface area contributed by atoms with E-state index in [1.165, 1.54) is 0 Å². The van der Waals surface area contributed by atoms with Crippen molar-refractivity contribution in [2.24, 2.45) is 10.9 Å². The van der Waals surface area contributed by atoms with E-state index >= 15 is 0 Å². The number of benzene rings is 2. The number of hydrogen-bond acceptors (Lipinski definition) is 3. The van der Waals surface area contributed by atoms with Crippen molar-refractivity contribution in [2.75, 3.05) is 0 Å². The Morgan fingerprint density at radius 1 is 1.11 bits per heavy atom. The third kappa shape index (κ3) is 3.30. The lowest BCUT2D eigenvalue weighted by Crippen LogP contribution is -2.14. The van der Waals surface area contributed by atoms with Gasteiger partial charge in [-0.1, -0.05) is 34.4 Å². The first kappa shape index (κ1) is 13.5. The molecule has 0 spiro atoms. The Balaban J connectivity index is 2.41. The Bertz CT molecular complexity index is 630. The molecular formula is C13H10Cl2N2O2. The van der Waals surface area contributed by atoms with Gasteiger partial charge < -0.3 is 15.7 Å². The number of halogens is 2. The van der Waals surface area contributed by atoms with Gasteiger partial charge in [0.1, 0.15) is 11.5 Å². The molecule has 0 unspecified atom stereocenters. The predicted molar refractivity (Wildman–Crippen MR) is 75.5 cm³/mol. The van der Waals surface area contributed by atoms with E-state index in [0.29, 0.717) is 27.1 Å². The number of rotatable bonds is 3. The zero-order chi connectivity index (χ0) is 13.8. The maximum Gasteiger partial charge on any atom is 0.173 e. The van der Waals surface area contributed by atoms with Crippen LogP contribution in [-0.2, 0) is 0 Å². The smallest absolute Gasteiger partial charge is 0.173 e. The molecule has 0 aliphatic rings. The maximum absolute atomic E-state index is 8.75. The third-order valence-electron chi connectivity index (χ3n) is 2.35. The second kappa shape index (κ2) is 5.82. The molecule has 4 nitrogen and oxygen atoms in total. The Morgan fingerprint density at radius 3 is 2.53 bits per heavy atom. The Hall–Kier alpha value is -1.91. The van der Waals surface area contributed by atoms with Gasteiger partial charge in [-0.3, -0.25) is 0 Å². The van der Waals surface area contributed by atoms with Crippen LogP contribution in [0.3, 0.4) is 0 Å². The minimum Gasteiger partial charge on any atom is -0.456 e. The van der Waals surface area contributed by atoms with Crippen molar-refractivity contribution in [3.8, 4) is 11.5 Å². The molecule has 0 bridgehead atoms. The lowest BCUT2D eigenvalue weighted by molar-refractivity contribution is 0.318. The van der Waals surface area contributed by atoms with Crippen LogP contribution in [0.15, 0.2) is 47.6 Å². The summed E-state index contributed by atoms with van der Waals surface area (Å²) in [4.78, 5) is 0. The van der Waals surface area contributed by atoms with E-state index in [1.54, 1.807) is 42.5 Å². The highest BCUT2D eigenvalue weighted by Crippen LogP contribution is 2.29. The van der Waals surface area contributed by atoms with Crippen molar-refractivity contribution < 1.29 is 9.94 Å². The summed E-state index contributed by atoms with van der Waals surface area (Å²) >= 11 is 11.8. The second-order valence-electron chi connectivity index (χ2n) is 3.69. The summed E-state index contributed by atoms with van der Waals surface area (Å²) in [6.45, 7) is 0. The highest BCUT2D eigenvalue weighted by molar-refractivity contribution is 6.31. The molecule has 0 heterocycles. The van der Waals surface area contributed by atoms with E-state index < -0.39 is 0 Å². The molecule has 0 atom stereocenters. The molecular weight excluding hydrogens is 287 g/mol. The van der Waals surface area contributed by atoms with Crippen LogP contribution in [0, 0.1) is 0 Å². The fourth-order valence-electron chi connectivity index (χ4n) is 1.50. The quantitative estimate of drug-likeness (QED) is 0.391. The van der Waals surface area contributed by atoms with Crippen LogP contribution < -0.4 is 10.5 Å². The van der Waals surface area contributed by atoms with Crippen LogP contribution in [0.4, 0.5) is 0 Å². The van der Waals surface area contributed by atoms with E-state index in [2.05, 4.69) is 5.16 Å². The monoisotopic (exact) mass is 296 g/mol. The van der Waals surface area contributed by atoms with Crippen molar-refractivity contribution >= 4 is 29.0 Å². The lowest BCUT2D eigenvalue weighted by Gasteiger charge is -2.10. The van der Waals surface area contributed by atoms with Crippen LogP contribution in [0.5, 0.6) is 11.5 Å². The SMILES string of the molecule is NC(=NO)c1ccc(Cl)cc1Oc1cccc(Cl)c1. The molecule has 2 aromatic rings. The standard InChI is InChI=1S/C13H10Cl2N2O2/c14-8-2-1-3-10(6-8)19-12-7-9(15)4-5-11(12)13(16)17-18/h1-7,18H,(H2,16,17). The molecule has 2 aromatic carbocycles. The summed E-state index contributed by atoms with van der Waals surface area (Å²) in [6, 6.07) is 11.7. The van der Waals surface area contributed by atoms with Gasteiger partial charge in [0, 0.05) is 16.1 Å². The largest absolute Gasteiger partial charge is 0.456 e. The average Bonchev–Trinajstić information content (AvgIpc) is 2.38. The number of hydrogen-bond donors (Lipinski definition) is 2. The van der Waals surface area contributed by atoms with Gasteiger partial charge in [-0.15, -0.1) is 0 Å². The van der Waals surface area contributed by atoms with Crippen LogP contribution >= 0.6 is 23.2 Å². The summed E-state index contributed by atoms with van der Waals surface area (Å²) in [7, 11) is 0. The summed E-state index contributed by atoms with van der Waals surface area (Å²) in [5.41, 5.74) is 6.02. The minimum absolute atomic E-state index is 0.0614. The molecule has 2 rings (SSSR count). The van der Waals surface area contributed by atoms with Gasteiger partial charge in [-0.05, 0) is 30.3 Å². The number of nitrogens with zero attached hydrogens (tertiary/aromatic N) is 1. The van der Waals surface area contributed by atoms with E-state index in [4.69, 9.17) is 38.9 Å². The molecule has 0 amide bonds. The van der Waals surface area contributed by atoms with Crippen LogP contribution in [0.25, 0.3) is 0 Å². The van der Waals surface area contributed by atoms with Crippen molar-refractivity contribution in [1.29, 1.82) is 0 Å². The third-order valence-corrected chi connectivity index (χ3v) is 2.82. The zero-order valence-corrected chi connectivity index (χ0v) is 11.2. The molecule has 0 radical (unpaired) electrons. The van der Waals surface area contributed by atoms with E-state index in [-0.39, 0.29) is 5.84 Å².